The van der Waals surface area contributed by atoms with Gasteiger partial charge in [-0.15, -0.1) is 0 Å². The van der Waals surface area contributed by atoms with Gasteiger partial charge in [0.1, 0.15) is 5.75 Å². The molecule has 2 aromatic rings. The third kappa shape index (κ3) is 4.95. The second-order valence-electron chi connectivity index (χ2n) is 4.81. The van der Waals surface area contributed by atoms with Crippen LogP contribution in [0.4, 0.5) is 5.69 Å². The molecular formula is C15H15ClN2O4S. The molecule has 8 heteroatoms. The van der Waals surface area contributed by atoms with Crippen molar-refractivity contribution >= 4 is 33.2 Å². The van der Waals surface area contributed by atoms with Gasteiger partial charge < -0.3 is 10.1 Å². The van der Waals surface area contributed by atoms with E-state index >= 15 is 0 Å². The summed E-state index contributed by atoms with van der Waals surface area (Å²) in [6.07, 6.45) is 0. The van der Waals surface area contributed by atoms with Crippen LogP contribution in [0.1, 0.15) is 5.56 Å². The fraction of sp³-hybridized carbons (Fsp3) is 0.133. The minimum absolute atomic E-state index is 0.00888. The lowest BCUT2D eigenvalue weighted by Crippen LogP contribution is -2.21. The highest BCUT2D eigenvalue weighted by molar-refractivity contribution is 7.89. The van der Waals surface area contributed by atoms with Crippen LogP contribution in [0.5, 0.6) is 5.75 Å². The molecule has 0 unspecified atom stereocenters. The summed E-state index contributed by atoms with van der Waals surface area (Å²) in [6.45, 7) is 1.49. The smallest absolute Gasteiger partial charge is 0.262 e. The molecule has 3 N–H and O–H groups in total. The Kier molecular flexibility index (Phi) is 5.25. The Morgan fingerprint density at radius 3 is 2.43 bits per heavy atom. The van der Waals surface area contributed by atoms with E-state index in [-0.39, 0.29) is 17.4 Å². The molecule has 0 heterocycles. The molecule has 0 aromatic heterocycles. The predicted molar refractivity (Wildman–Crippen MR) is 88.1 cm³/mol. The van der Waals surface area contributed by atoms with E-state index in [2.05, 4.69) is 5.32 Å². The first-order chi connectivity index (χ1) is 10.8. The molecule has 0 radical (unpaired) electrons. The second kappa shape index (κ2) is 6.99. The number of anilines is 1. The maximum Gasteiger partial charge on any atom is 0.262 e. The van der Waals surface area contributed by atoms with Crippen LogP contribution in [0.2, 0.25) is 5.02 Å². The number of hydrogen-bond acceptors (Lipinski definition) is 4. The molecule has 2 aromatic carbocycles. The molecule has 0 spiro atoms. The number of nitrogens with two attached hydrogens (primary N) is 1. The maximum absolute atomic E-state index is 11.9. The predicted octanol–water partition coefficient (Wildman–Crippen LogP) is 2.31. The molecule has 122 valence electrons. The van der Waals surface area contributed by atoms with Gasteiger partial charge in [-0.2, -0.15) is 0 Å². The molecule has 0 atom stereocenters. The van der Waals surface area contributed by atoms with Gasteiger partial charge in [0.2, 0.25) is 10.0 Å². The van der Waals surface area contributed by atoms with Gasteiger partial charge in [0.05, 0.1) is 4.90 Å². The molecule has 0 aliphatic carbocycles. The van der Waals surface area contributed by atoms with Crippen LogP contribution in [0, 0.1) is 6.92 Å². The van der Waals surface area contributed by atoms with Crippen molar-refractivity contribution < 1.29 is 17.9 Å². The van der Waals surface area contributed by atoms with Gasteiger partial charge in [-0.05, 0) is 55.0 Å². The van der Waals surface area contributed by atoms with E-state index in [1.54, 1.807) is 31.2 Å². The summed E-state index contributed by atoms with van der Waals surface area (Å²) < 4.78 is 27.9. The monoisotopic (exact) mass is 354 g/mol. The molecule has 0 saturated carbocycles. The van der Waals surface area contributed by atoms with Gasteiger partial charge in [0.25, 0.3) is 5.91 Å². The number of nitrogens with one attached hydrogen (secondary N) is 1. The Bertz CT molecular complexity index is 820. The third-order valence-electron chi connectivity index (χ3n) is 2.98. The number of benzene rings is 2. The summed E-state index contributed by atoms with van der Waals surface area (Å²) in [5.74, 6) is 0.150. The van der Waals surface area contributed by atoms with Gasteiger partial charge in [-0.25, -0.2) is 13.6 Å². The highest BCUT2D eigenvalue weighted by Crippen LogP contribution is 2.19. The topological polar surface area (TPSA) is 98.5 Å². The summed E-state index contributed by atoms with van der Waals surface area (Å²) in [6, 6.07) is 10.8. The zero-order valence-electron chi connectivity index (χ0n) is 12.2. The van der Waals surface area contributed by atoms with Crippen LogP contribution in [0.15, 0.2) is 47.4 Å². The summed E-state index contributed by atoms with van der Waals surface area (Å²) >= 11 is 5.76. The number of carbonyl (C=O) groups is 1. The molecule has 23 heavy (non-hydrogen) atoms. The summed E-state index contributed by atoms with van der Waals surface area (Å²) in [4.78, 5) is 11.9. The first kappa shape index (κ1) is 17.3. The number of ether oxygens (including phenoxy) is 1. The normalized spacial score (nSPS) is 11.1. The van der Waals surface area contributed by atoms with Crippen LogP contribution in [0.3, 0.4) is 0 Å². The standard InChI is InChI=1S/C15H15ClN2O4S/c1-10-8-13(23(17,20)21)6-7-14(10)18-15(19)9-22-12-4-2-11(16)3-5-12/h2-8H,9H2,1H3,(H,18,19)(H2,17,20,21). The lowest BCUT2D eigenvalue weighted by Gasteiger charge is -2.10. The van der Waals surface area contributed by atoms with E-state index in [0.29, 0.717) is 22.0 Å². The van der Waals surface area contributed by atoms with Gasteiger partial charge in [0, 0.05) is 10.7 Å². The molecular weight excluding hydrogens is 340 g/mol. The van der Waals surface area contributed by atoms with E-state index < -0.39 is 10.0 Å². The second-order valence-corrected chi connectivity index (χ2v) is 6.81. The number of aryl methyl sites for hydroxylation is 1. The lowest BCUT2D eigenvalue weighted by molar-refractivity contribution is -0.118. The average molecular weight is 355 g/mol. The Hall–Kier alpha value is -2.09. The number of sulfonamides is 1. The first-order valence-corrected chi connectivity index (χ1v) is 8.50. The van der Waals surface area contributed by atoms with Crippen molar-refractivity contribution in [2.75, 3.05) is 11.9 Å². The highest BCUT2D eigenvalue weighted by atomic mass is 35.5. The molecule has 0 aliphatic heterocycles. The van der Waals surface area contributed by atoms with Gasteiger partial charge in [-0.3, -0.25) is 4.79 Å². The van der Waals surface area contributed by atoms with Crippen molar-refractivity contribution in [3.63, 3.8) is 0 Å². The highest BCUT2D eigenvalue weighted by Gasteiger charge is 2.11. The van der Waals surface area contributed by atoms with Crippen LogP contribution in [-0.2, 0) is 14.8 Å². The van der Waals surface area contributed by atoms with Crippen molar-refractivity contribution in [2.24, 2.45) is 5.14 Å². The van der Waals surface area contributed by atoms with E-state index in [4.69, 9.17) is 21.5 Å². The molecule has 2 rings (SSSR count). The van der Waals surface area contributed by atoms with Gasteiger partial charge >= 0.3 is 0 Å². The quantitative estimate of drug-likeness (QED) is 0.860. The van der Waals surface area contributed by atoms with Crippen molar-refractivity contribution in [3.8, 4) is 5.75 Å². The Balaban J connectivity index is 1.99. The van der Waals surface area contributed by atoms with E-state index in [1.807, 2.05) is 0 Å². The van der Waals surface area contributed by atoms with Gasteiger partial charge in [0.15, 0.2) is 6.61 Å². The summed E-state index contributed by atoms with van der Waals surface area (Å²) in [7, 11) is -3.77. The first-order valence-electron chi connectivity index (χ1n) is 6.57. The number of rotatable bonds is 5. The minimum atomic E-state index is -3.77. The van der Waals surface area contributed by atoms with Crippen LogP contribution < -0.4 is 15.2 Å². The number of primary sulfonamides is 1. The van der Waals surface area contributed by atoms with Crippen molar-refractivity contribution in [1.29, 1.82) is 0 Å². The SMILES string of the molecule is Cc1cc(S(N)(=O)=O)ccc1NC(=O)COc1ccc(Cl)cc1. The Labute approximate surface area is 139 Å². The number of halogens is 1. The fourth-order valence-corrected chi connectivity index (χ4v) is 2.54. The Morgan fingerprint density at radius 1 is 1.22 bits per heavy atom. The van der Waals surface area contributed by atoms with Crippen molar-refractivity contribution in [3.05, 3.63) is 53.1 Å². The summed E-state index contributed by atoms with van der Waals surface area (Å²) in [5.41, 5.74) is 1.07. The molecule has 0 fully saturated rings. The minimum Gasteiger partial charge on any atom is -0.484 e. The molecule has 0 aliphatic rings. The molecule has 1 amide bonds. The zero-order chi connectivity index (χ0) is 17.0. The number of amides is 1. The van der Waals surface area contributed by atoms with Crippen molar-refractivity contribution in [1.82, 2.24) is 0 Å². The van der Waals surface area contributed by atoms with Crippen LogP contribution in [-0.4, -0.2) is 20.9 Å². The Morgan fingerprint density at radius 2 is 1.87 bits per heavy atom. The lowest BCUT2D eigenvalue weighted by atomic mass is 10.2. The number of carbonyl (C=O) groups excluding carboxylic acids is 1. The molecule has 0 bridgehead atoms. The van der Waals surface area contributed by atoms with E-state index in [0.717, 1.165) is 0 Å². The fourth-order valence-electron chi connectivity index (χ4n) is 1.82. The maximum atomic E-state index is 11.9. The molecule has 6 nitrogen and oxygen atoms in total. The molecule has 0 saturated heterocycles. The van der Waals surface area contributed by atoms with Crippen LogP contribution >= 0.6 is 11.6 Å². The van der Waals surface area contributed by atoms with Crippen molar-refractivity contribution in [2.45, 2.75) is 11.8 Å². The third-order valence-corrected chi connectivity index (χ3v) is 4.15. The zero-order valence-corrected chi connectivity index (χ0v) is 13.8. The van der Waals surface area contributed by atoms with E-state index in [9.17, 15) is 13.2 Å². The van der Waals surface area contributed by atoms with E-state index in [1.165, 1.54) is 18.2 Å². The number of hydrogen-bond donors (Lipinski definition) is 2. The van der Waals surface area contributed by atoms with Crippen LogP contribution in [0.25, 0.3) is 0 Å². The van der Waals surface area contributed by atoms with Gasteiger partial charge in [-0.1, -0.05) is 11.6 Å². The largest absolute Gasteiger partial charge is 0.484 e. The average Bonchev–Trinajstić information content (AvgIpc) is 2.48. The summed E-state index contributed by atoms with van der Waals surface area (Å²) in [5, 5.41) is 8.28.